The van der Waals surface area contributed by atoms with Gasteiger partial charge in [-0.25, -0.2) is 0 Å². The number of carbonyl (C=O) groups is 1. The number of halogens is 2. The number of carbonyl (C=O) groups excluding carboxylic acids is 1. The van der Waals surface area contributed by atoms with Crippen molar-refractivity contribution < 1.29 is 4.79 Å². The van der Waals surface area contributed by atoms with E-state index in [1.54, 1.807) is 30.5 Å². The van der Waals surface area contributed by atoms with E-state index in [-0.39, 0.29) is 5.91 Å². The predicted molar refractivity (Wildman–Crippen MR) is 67.9 cm³/mol. The topological polar surface area (TPSA) is 44.9 Å². The third kappa shape index (κ3) is 2.46. The quantitative estimate of drug-likeness (QED) is 0.873. The van der Waals surface area contributed by atoms with Gasteiger partial charge in [-0.05, 0) is 30.3 Å². The molecule has 0 radical (unpaired) electrons. The van der Waals surface area contributed by atoms with Gasteiger partial charge in [0.15, 0.2) is 0 Å². The highest BCUT2D eigenvalue weighted by atomic mass is 79.9. The highest BCUT2D eigenvalue weighted by Crippen LogP contribution is 2.25. The molecule has 2 rings (SSSR count). The molecule has 0 bridgehead atoms. The van der Waals surface area contributed by atoms with Gasteiger partial charge in [0, 0.05) is 10.7 Å². The first kappa shape index (κ1) is 11.2. The van der Waals surface area contributed by atoms with E-state index in [0.29, 0.717) is 16.4 Å². The van der Waals surface area contributed by atoms with Crippen molar-refractivity contribution in [2.45, 2.75) is 0 Å². The number of rotatable bonds is 2. The lowest BCUT2D eigenvalue weighted by Crippen LogP contribution is -2.12. The van der Waals surface area contributed by atoms with Crippen LogP contribution in [0.15, 0.2) is 41.0 Å². The highest BCUT2D eigenvalue weighted by molar-refractivity contribution is 9.10. The largest absolute Gasteiger partial charge is 0.357 e. The average Bonchev–Trinajstić information content (AvgIpc) is 2.76. The maximum absolute atomic E-state index is 11.7. The van der Waals surface area contributed by atoms with Crippen LogP contribution >= 0.6 is 27.5 Å². The Morgan fingerprint density at radius 3 is 2.88 bits per heavy atom. The first-order valence-electron chi connectivity index (χ1n) is 4.56. The molecule has 0 atom stereocenters. The number of H-pyrrole nitrogens is 1. The van der Waals surface area contributed by atoms with Crippen LogP contribution in [0.2, 0.25) is 5.02 Å². The predicted octanol–water partition coefficient (Wildman–Crippen LogP) is 3.68. The van der Waals surface area contributed by atoms with Crippen LogP contribution in [0.5, 0.6) is 0 Å². The summed E-state index contributed by atoms with van der Waals surface area (Å²) in [4.78, 5) is 14.5. The molecule has 0 spiro atoms. The molecule has 0 aliphatic heterocycles. The molecule has 0 saturated heterocycles. The van der Waals surface area contributed by atoms with Crippen LogP contribution in [-0.4, -0.2) is 10.9 Å². The van der Waals surface area contributed by atoms with Crippen LogP contribution in [0, 0.1) is 0 Å². The van der Waals surface area contributed by atoms with Crippen molar-refractivity contribution in [3.05, 3.63) is 51.7 Å². The molecule has 3 nitrogen and oxygen atoms in total. The SMILES string of the molecule is O=C(Nc1cc(Br)ccc1Cl)c1ccc[nH]1. The second-order valence-corrected chi connectivity index (χ2v) is 4.48. The van der Waals surface area contributed by atoms with Crippen molar-refractivity contribution in [1.82, 2.24) is 4.98 Å². The van der Waals surface area contributed by atoms with E-state index in [9.17, 15) is 4.79 Å². The Morgan fingerprint density at radius 1 is 1.38 bits per heavy atom. The van der Waals surface area contributed by atoms with E-state index < -0.39 is 0 Å². The lowest BCUT2D eigenvalue weighted by Gasteiger charge is -2.06. The Hall–Kier alpha value is -1.26. The maximum Gasteiger partial charge on any atom is 0.272 e. The van der Waals surface area contributed by atoms with Crippen LogP contribution in [0.4, 0.5) is 5.69 Å². The molecular formula is C11H8BrClN2O. The number of amides is 1. The summed E-state index contributed by atoms with van der Waals surface area (Å²) >= 11 is 9.27. The van der Waals surface area contributed by atoms with Crippen LogP contribution < -0.4 is 5.32 Å². The van der Waals surface area contributed by atoms with Gasteiger partial charge in [0.1, 0.15) is 5.69 Å². The van der Waals surface area contributed by atoms with Gasteiger partial charge in [-0.2, -0.15) is 0 Å². The van der Waals surface area contributed by atoms with E-state index in [4.69, 9.17) is 11.6 Å². The molecule has 0 unspecified atom stereocenters. The van der Waals surface area contributed by atoms with Crippen molar-refractivity contribution in [2.75, 3.05) is 5.32 Å². The summed E-state index contributed by atoms with van der Waals surface area (Å²) in [5.41, 5.74) is 1.08. The number of aromatic nitrogens is 1. The highest BCUT2D eigenvalue weighted by Gasteiger charge is 2.08. The second-order valence-electron chi connectivity index (χ2n) is 3.16. The van der Waals surface area contributed by atoms with E-state index in [1.165, 1.54) is 0 Å². The molecule has 5 heteroatoms. The molecule has 2 aromatic rings. The van der Waals surface area contributed by atoms with E-state index in [1.807, 2.05) is 6.07 Å². The van der Waals surface area contributed by atoms with Gasteiger partial charge in [-0.1, -0.05) is 27.5 Å². The molecule has 0 aliphatic rings. The van der Waals surface area contributed by atoms with E-state index >= 15 is 0 Å². The minimum Gasteiger partial charge on any atom is -0.357 e. The molecule has 1 aromatic heterocycles. The van der Waals surface area contributed by atoms with Gasteiger partial charge in [0.2, 0.25) is 0 Å². The standard InChI is InChI=1S/C11H8BrClN2O/c12-7-3-4-8(13)10(6-7)15-11(16)9-2-1-5-14-9/h1-6,14H,(H,15,16). The van der Waals surface area contributed by atoms with Crippen molar-refractivity contribution in [2.24, 2.45) is 0 Å². The van der Waals surface area contributed by atoms with Crippen molar-refractivity contribution >= 4 is 39.1 Å². The Labute approximate surface area is 106 Å². The maximum atomic E-state index is 11.7. The lowest BCUT2D eigenvalue weighted by molar-refractivity contribution is 0.102. The minimum atomic E-state index is -0.218. The normalized spacial score (nSPS) is 10.1. The van der Waals surface area contributed by atoms with Crippen molar-refractivity contribution in [3.63, 3.8) is 0 Å². The fourth-order valence-corrected chi connectivity index (χ4v) is 1.78. The summed E-state index contributed by atoms with van der Waals surface area (Å²) < 4.78 is 0.860. The Bertz CT molecular complexity index is 511. The summed E-state index contributed by atoms with van der Waals surface area (Å²) in [7, 11) is 0. The first-order valence-corrected chi connectivity index (χ1v) is 5.74. The van der Waals surface area contributed by atoms with Gasteiger partial charge in [0.25, 0.3) is 5.91 Å². The zero-order valence-corrected chi connectivity index (χ0v) is 10.5. The summed E-state index contributed by atoms with van der Waals surface area (Å²) in [6, 6.07) is 8.74. The monoisotopic (exact) mass is 298 g/mol. The smallest absolute Gasteiger partial charge is 0.272 e. The van der Waals surface area contributed by atoms with Gasteiger partial charge < -0.3 is 10.3 Å². The summed E-state index contributed by atoms with van der Waals surface area (Å²) in [5.74, 6) is -0.218. The first-order chi connectivity index (χ1) is 7.66. The molecular weight excluding hydrogens is 291 g/mol. The third-order valence-electron chi connectivity index (χ3n) is 2.02. The number of anilines is 1. The van der Waals surface area contributed by atoms with Gasteiger partial charge in [-0.15, -0.1) is 0 Å². The number of hydrogen-bond donors (Lipinski definition) is 2. The summed E-state index contributed by atoms with van der Waals surface area (Å²) in [5, 5.41) is 3.22. The molecule has 16 heavy (non-hydrogen) atoms. The minimum absolute atomic E-state index is 0.218. The fraction of sp³-hybridized carbons (Fsp3) is 0. The number of benzene rings is 1. The van der Waals surface area contributed by atoms with Gasteiger partial charge in [0.05, 0.1) is 10.7 Å². The van der Waals surface area contributed by atoms with Crippen LogP contribution in [0.25, 0.3) is 0 Å². The van der Waals surface area contributed by atoms with Gasteiger partial charge in [-0.3, -0.25) is 4.79 Å². The Kier molecular flexibility index (Phi) is 3.31. The van der Waals surface area contributed by atoms with Crippen LogP contribution in [-0.2, 0) is 0 Å². The van der Waals surface area contributed by atoms with Gasteiger partial charge >= 0.3 is 0 Å². The molecule has 82 valence electrons. The molecule has 1 heterocycles. The fourth-order valence-electron chi connectivity index (χ4n) is 1.25. The number of hydrogen-bond acceptors (Lipinski definition) is 1. The molecule has 1 amide bonds. The third-order valence-corrected chi connectivity index (χ3v) is 2.84. The zero-order valence-electron chi connectivity index (χ0n) is 8.13. The van der Waals surface area contributed by atoms with Crippen LogP contribution in [0.1, 0.15) is 10.5 Å². The number of nitrogens with one attached hydrogen (secondary N) is 2. The van der Waals surface area contributed by atoms with Crippen molar-refractivity contribution in [1.29, 1.82) is 0 Å². The lowest BCUT2D eigenvalue weighted by atomic mass is 10.3. The van der Waals surface area contributed by atoms with E-state index in [0.717, 1.165) is 4.47 Å². The molecule has 0 saturated carbocycles. The average molecular weight is 300 g/mol. The molecule has 0 aliphatic carbocycles. The zero-order chi connectivity index (χ0) is 11.5. The van der Waals surface area contributed by atoms with E-state index in [2.05, 4.69) is 26.2 Å². The molecule has 0 fully saturated rings. The summed E-state index contributed by atoms with van der Waals surface area (Å²) in [6.45, 7) is 0. The number of aromatic amines is 1. The Morgan fingerprint density at radius 2 is 2.19 bits per heavy atom. The van der Waals surface area contributed by atoms with Crippen molar-refractivity contribution in [3.8, 4) is 0 Å². The Balaban J connectivity index is 2.21. The molecule has 2 N–H and O–H groups in total. The van der Waals surface area contributed by atoms with Crippen LogP contribution in [0.3, 0.4) is 0 Å². The molecule has 1 aromatic carbocycles. The summed E-state index contributed by atoms with van der Waals surface area (Å²) in [6.07, 6.45) is 1.69. The second kappa shape index (κ2) is 4.72.